The topological polar surface area (TPSA) is 522 Å². The van der Waals surface area contributed by atoms with Gasteiger partial charge in [-0.1, -0.05) is 151 Å². The first-order chi connectivity index (χ1) is 59.9. The summed E-state index contributed by atoms with van der Waals surface area (Å²) in [5.41, 5.74) is 27.1. The molecule has 0 saturated heterocycles. The maximum absolute atomic E-state index is 10.6. The number of anilines is 6. The number of nitro groups is 6. The van der Waals surface area contributed by atoms with Gasteiger partial charge in [0.2, 0.25) is 30.8 Å². The van der Waals surface area contributed by atoms with Gasteiger partial charge in [-0.15, -0.1) is 0 Å². The highest BCUT2D eigenvalue weighted by Crippen LogP contribution is 2.34. The molecule has 18 rings (SSSR count). The molecule has 0 bridgehead atoms. The molecule has 624 valence electrons. The average Bonchev–Trinajstić information content (AvgIpc) is 1.72. The van der Waals surface area contributed by atoms with Crippen LogP contribution in [0.15, 0.2) is 238 Å². The fourth-order valence-electron chi connectivity index (χ4n) is 10.1. The van der Waals surface area contributed by atoms with Crippen molar-refractivity contribution < 1.29 is 42.8 Å². The highest BCUT2D eigenvalue weighted by Gasteiger charge is 2.17. The van der Waals surface area contributed by atoms with Crippen molar-refractivity contribution in [3.63, 3.8) is 0 Å². The molecule has 12 heterocycles. The van der Waals surface area contributed by atoms with E-state index in [9.17, 15) is 60.7 Å². The van der Waals surface area contributed by atoms with Crippen molar-refractivity contribution in [2.75, 3.05) is 32.6 Å². The summed E-state index contributed by atoms with van der Waals surface area (Å²) in [6.07, 6.45) is 8.74. The molecule has 0 radical (unpaired) electrons. The summed E-state index contributed by atoms with van der Waals surface area (Å²) in [6, 6.07) is 57.3. The van der Waals surface area contributed by atoms with Crippen molar-refractivity contribution in [1.29, 1.82) is 0 Å². The van der Waals surface area contributed by atoms with Gasteiger partial charge in [-0.2, -0.15) is 30.6 Å². The molecule has 0 fully saturated rings. The van der Waals surface area contributed by atoms with Crippen molar-refractivity contribution >= 4 is 264 Å². The third-order valence-electron chi connectivity index (χ3n) is 15.6. The molecule has 12 aromatic heterocycles. The number of benzene rings is 6. The Kier molecular flexibility index (Phi) is 28.8. The molecule has 0 aliphatic rings. The SMILES string of the molecule is Cc1ccc2nc(N/N=C\c3ccc([N+](=O)[O-])o3)sc2c1.Cc1ccc2nc(N/N=C\c3ccc([N+](=O)[O-])o3)sc2c1.Cc1ccc2nc(N/N=C\c3ccc([N+](=O)[O-])s3)sc2c1.Cc1ccc2nc(N/N=C\c3ccc([N+](=O)[O-])s3)sc2c1.O=[N+]([O-])c1ccc(/C=N\Nc2nc3ccccc3s2)o1.O=[N+]([O-])c1ccc(/C=N\Nc2nc3ccccc3s2)s1. The molecule has 0 saturated carbocycles. The monoisotopic (exact) mass is 1830 g/mol. The summed E-state index contributed by atoms with van der Waals surface area (Å²) in [5.74, 6) is -0.0483. The third kappa shape index (κ3) is 24.5. The molecule has 18 aromatic rings. The van der Waals surface area contributed by atoms with Crippen LogP contribution in [0, 0.1) is 88.4 Å². The highest BCUT2D eigenvalue weighted by molar-refractivity contribution is 7.24. The maximum Gasteiger partial charge on any atom is 0.433 e. The number of thiophene rings is 3. The zero-order valence-corrected chi connectivity index (χ0v) is 71.1. The second-order valence-electron chi connectivity index (χ2n) is 24.8. The van der Waals surface area contributed by atoms with Gasteiger partial charge in [0.1, 0.15) is 14.8 Å². The maximum atomic E-state index is 10.6. The largest absolute Gasteiger partial charge is 0.433 e. The molecule has 39 nitrogen and oxygen atoms in total. The quantitative estimate of drug-likeness (QED) is 0.0186. The van der Waals surface area contributed by atoms with Crippen LogP contribution in [0.25, 0.3) is 61.3 Å². The minimum absolute atomic E-state index is 0.103. The lowest BCUT2D eigenvalue weighted by Gasteiger charge is -1.90. The zero-order chi connectivity index (χ0) is 87.2. The number of thiazole rings is 6. The van der Waals surface area contributed by atoms with Gasteiger partial charge in [-0.05, 0) is 159 Å². The molecule has 0 unspecified atom stereocenters. The predicted molar refractivity (Wildman–Crippen MR) is 493 cm³/mol. The number of aryl methyl sites for hydroxylation is 4. The Bertz CT molecular complexity index is 6320. The van der Waals surface area contributed by atoms with Gasteiger partial charge < -0.3 is 13.3 Å². The van der Waals surface area contributed by atoms with E-state index in [4.69, 9.17) is 13.3 Å². The van der Waals surface area contributed by atoms with E-state index in [1.807, 2.05) is 125 Å². The lowest BCUT2D eigenvalue weighted by Crippen LogP contribution is -1.88. The second kappa shape index (κ2) is 41.2. The van der Waals surface area contributed by atoms with E-state index in [0.717, 1.165) is 95.3 Å². The minimum atomic E-state index is -0.599. The molecule has 0 aliphatic heterocycles. The number of para-hydroxylation sites is 2. The normalized spacial score (nSPS) is 11.3. The van der Waals surface area contributed by atoms with Crippen LogP contribution in [0.4, 0.5) is 63.4 Å². The molecule has 0 spiro atoms. The molecule has 0 aliphatic carbocycles. The van der Waals surface area contributed by atoms with E-state index in [2.05, 4.69) is 117 Å². The lowest BCUT2D eigenvalue weighted by molar-refractivity contribution is -0.402. The smallest absolute Gasteiger partial charge is 0.400 e. The zero-order valence-electron chi connectivity index (χ0n) is 63.8. The third-order valence-corrected chi connectivity index (χ3v) is 24.1. The van der Waals surface area contributed by atoms with E-state index in [-0.39, 0.29) is 32.7 Å². The van der Waals surface area contributed by atoms with Crippen molar-refractivity contribution in [2.24, 2.45) is 30.6 Å². The summed E-state index contributed by atoms with van der Waals surface area (Å²) in [7, 11) is 0. The van der Waals surface area contributed by atoms with Crippen molar-refractivity contribution in [3.8, 4) is 0 Å². The Morgan fingerprint density at radius 1 is 0.266 bits per heavy atom. The van der Waals surface area contributed by atoms with Gasteiger partial charge in [0.25, 0.3) is 0 Å². The summed E-state index contributed by atoms with van der Waals surface area (Å²) >= 11 is 12.2. The second-order valence-corrected chi connectivity index (χ2v) is 34.2. The molecule has 6 aromatic carbocycles. The molecule has 48 heteroatoms. The number of furan rings is 3. The van der Waals surface area contributed by atoms with Gasteiger partial charge in [0.15, 0.2) is 17.3 Å². The summed E-state index contributed by atoms with van der Waals surface area (Å²) in [6.45, 7) is 8.12. The van der Waals surface area contributed by atoms with Crippen LogP contribution >= 0.6 is 102 Å². The predicted octanol–water partition coefficient (Wildman–Crippen LogP) is 22.1. The standard InChI is InChI=1S/2C13H10N4O3S.2C13H10N4O2S2.C12H8N4O3S.C12H8N4O2S2/c4*1-8-2-4-10-11(6-8)21-13(15-10)16-14-7-9-3-5-12(20-9)17(18)19;2*17-16(18)11-6-5-8(19-11)7-13-15-12-14-9-3-1-2-4-10(9)20-12/h4*2-7H,1H3,(H,15,16);2*1-7H,(H,14,15)/b4*14-7-;2*13-7-. The number of hydrogen-bond acceptors (Lipinski definition) is 42. The van der Waals surface area contributed by atoms with Gasteiger partial charge >= 0.3 is 32.7 Å². The van der Waals surface area contributed by atoms with Gasteiger partial charge in [-0.3, -0.25) is 93.2 Å². The van der Waals surface area contributed by atoms with Crippen LogP contribution in [0.2, 0.25) is 0 Å². The molecule has 6 N–H and O–H groups in total. The van der Waals surface area contributed by atoms with E-state index < -0.39 is 29.5 Å². The molecule has 0 amide bonds. The van der Waals surface area contributed by atoms with Gasteiger partial charge in [0, 0.05) is 18.2 Å². The first-order valence-electron chi connectivity index (χ1n) is 35.3. The van der Waals surface area contributed by atoms with E-state index in [1.165, 1.54) is 164 Å². The Hall–Kier alpha value is -15.2. The Balaban J connectivity index is 0.000000128. The van der Waals surface area contributed by atoms with Crippen LogP contribution in [-0.2, 0) is 0 Å². The van der Waals surface area contributed by atoms with E-state index >= 15 is 0 Å². The van der Waals surface area contributed by atoms with Crippen LogP contribution in [0.1, 0.15) is 54.2 Å². The summed E-state index contributed by atoms with van der Waals surface area (Å²) < 4.78 is 21.3. The van der Waals surface area contributed by atoms with Crippen LogP contribution in [0.5, 0.6) is 0 Å². The van der Waals surface area contributed by atoms with E-state index in [1.54, 1.807) is 36.8 Å². The average molecular weight is 1830 g/mol. The van der Waals surface area contributed by atoms with Crippen LogP contribution in [-0.4, -0.2) is 96.7 Å². The van der Waals surface area contributed by atoms with Crippen LogP contribution in [0.3, 0.4) is 0 Å². The van der Waals surface area contributed by atoms with Gasteiger partial charge in [0.05, 0.1) is 146 Å². The summed E-state index contributed by atoms with van der Waals surface area (Å²) in [5, 5.41) is 91.5. The molecule has 0 atom stereocenters. The van der Waals surface area contributed by atoms with E-state index in [0.29, 0.717) is 62.7 Å². The number of fused-ring (bicyclic) bond motifs is 6. The first kappa shape index (κ1) is 86.7. The highest BCUT2D eigenvalue weighted by atomic mass is 32.1. The number of nitrogens with one attached hydrogen (secondary N) is 6. The minimum Gasteiger partial charge on any atom is -0.400 e. The fourth-order valence-corrected chi connectivity index (χ4v) is 17.5. The Morgan fingerprint density at radius 3 is 0.726 bits per heavy atom. The Labute approximate surface area is 731 Å². The number of rotatable bonds is 24. The van der Waals surface area contributed by atoms with Crippen molar-refractivity contribution in [3.05, 3.63) is 309 Å². The molecular formula is C76H56N24O15S9. The van der Waals surface area contributed by atoms with Gasteiger partial charge in [-0.25, -0.2) is 29.9 Å². The first-order valence-corrected chi connectivity index (χ1v) is 42.7. The Morgan fingerprint density at radius 2 is 0.500 bits per heavy atom. The number of aromatic nitrogens is 6. The number of hydrogen-bond donors (Lipinski definition) is 6. The fraction of sp³-hybridized carbons (Fsp3) is 0.0526. The number of nitrogens with zero attached hydrogens (tertiary/aromatic N) is 18. The van der Waals surface area contributed by atoms with Crippen molar-refractivity contribution in [2.45, 2.75) is 27.7 Å². The van der Waals surface area contributed by atoms with Crippen molar-refractivity contribution in [1.82, 2.24) is 29.9 Å². The summed E-state index contributed by atoms with van der Waals surface area (Å²) in [4.78, 5) is 88.5. The lowest BCUT2D eigenvalue weighted by atomic mass is 10.2. The number of hydrazone groups is 6. The molecular weight excluding hydrogens is 1780 g/mol. The van der Waals surface area contributed by atoms with Crippen LogP contribution < -0.4 is 32.6 Å². The molecule has 124 heavy (non-hydrogen) atoms.